The van der Waals surface area contributed by atoms with Crippen LogP contribution in [0.1, 0.15) is 13.3 Å². The summed E-state index contributed by atoms with van der Waals surface area (Å²) in [6, 6.07) is 1.80. The molecule has 1 aromatic carbocycles. The van der Waals surface area contributed by atoms with Crippen molar-refractivity contribution in [1.82, 2.24) is 4.72 Å². The molecule has 0 aromatic heterocycles. The van der Waals surface area contributed by atoms with Crippen LogP contribution in [0.25, 0.3) is 0 Å². The fraction of sp³-hybridized carbons (Fsp3) is 0.364. The maximum Gasteiger partial charge on any atom is 0.243 e. The lowest BCUT2D eigenvalue weighted by Crippen LogP contribution is -2.36. The van der Waals surface area contributed by atoms with Gasteiger partial charge < -0.3 is 5.73 Å². The van der Waals surface area contributed by atoms with E-state index in [0.29, 0.717) is 0 Å². The summed E-state index contributed by atoms with van der Waals surface area (Å²) in [7, 11) is -7.92. The number of sulfonamides is 1. The third-order valence-electron chi connectivity index (χ3n) is 2.50. The summed E-state index contributed by atoms with van der Waals surface area (Å²) in [6.07, 6.45) is 0.842. The molecule has 10 heteroatoms. The molecule has 7 nitrogen and oxygen atoms in total. The van der Waals surface area contributed by atoms with Gasteiger partial charge in [-0.15, -0.1) is 0 Å². The predicted molar refractivity (Wildman–Crippen MR) is 75.8 cm³/mol. The molecule has 0 saturated heterocycles. The molecule has 118 valence electrons. The molecule has 1 aromatic rings. The summed E-state index contributed by atoms with van der Waals surface area (Å²) in [4.78, 5) is -1.07. The fourth-order valence-corrected chi connectivity index (χ4v) is 3.69. The third-order valence-corrected chi connectivity index (χ3v) is 5.22. The second-order valence-electron chi connectivity index (χ2n) is 4.62. The second kappa shape index (κ2) is 6.08. The van der Waals surface area contributed by atoms with Gasteiger partial charge in [0.15, 0.2) is 9.84 Å². The molecule has 1 atom stereocenters. The van der Waals surface area contributed by atoms with Crippen LogP contribution in [0.2, 0.25) is 0 Å². The Morgan fingerprint density at radius 3 is 2.43 bits per heavy atom. The SMILES string of the molecule is CC(CC(=N)N)NS(=O)(=O)c1cc(S(C)(=O)=O)ccc1F. The maximum absolute atomic E-state index is 13.7. The molecular weight excluding hydrogens is 321 g/mol. The minimum atomic E-state index is -4.26. The van der Waals surface area contributed by atoms with Crippen molar-refractivity contribution in [3.63, 3.8) is 0 Å². The molecule has 1 rings (SSSR count). The van der Waals surface area contributed by atoms with Crippen molar-refractivity contribution in [2.24, 2.45) is 5.73 Å². The zero-order valence-electron chi connectivity index (χ0n) is 11.4. The summed E-state index contributed by atoms with van der Waals surface area (Å²) >= 11 is 0. The minimum absolute atomic E-state index is 0.0490. The predicted octanol–water partition coefficient (Wildman–Crippen LogP) is 0.222. The summed E-state index contributed by atoms with van der Waals surface area (Å²) in [5.74, 6) is -1.29. The number of amidine groups is 1. The number of nitrogens with one attached hydrogen (secondary N) is 2. The van der Waals surface area contributed by atoms with Gasteiger partial charge in [0.25, 0.3) is 0 Å². The van der Waals surface area contributed by atoms with Crippen LogP contribution in [0, 0.1) is 11.2 Å². The van der Waals surface area contributed by atoms with E-state index in [-0.39, 0.29) is 17.2 Å². The highest BCUT2D eigenvalue weighted by atomic mass is 32.2. The molecule has 0 bridgehead atoms. The van der Waals surface area contributed by atoms with E-state index in [1.165, 1.54) is 6.92 Å². The number of benzene rings is 1. The molecule has 4 N–H and O–H groups in total. The van der Waals surface area contributed by atoms with E-state index in [9.17, 15) is 21.2 Å². The van der Waals surface area contributed by atoms with Crippen LogP contribution in [-0.2, 0) is 19.9 Å². The van der Waals surface area contributed by atoms with Gasteiger partial charge in [0.2, 0.25) is 10.0 Å². The first-order chi connectivity index (χ1) is 9.43. The normalized spacial score (nSPS) is 13.9. The molecule has 0 spiro atoms. The number of hydrogen-bond donors (Lipinski definition) is 3. The minimum Gasteiger partial charge on any atom is -0.388 e. The standard InChI is InChI=1S/C11H16FN3O4S2/c1-7(5-11(13)14)15-21(18,19)10-6-8(20(2,16)17)3-4-9(10)12/h3-4,6-7,15H,5H2,1-2H3,(H3,13,14). The van der Waals surface area contributed by atoms with E-state index in [1.807, 2.05) is 0 Å². The Hall–Kier alpha value is -1.52. The molecule has 1 unspecified atom stereocenters. The van der Waals surface area contributed by atoms with E-state index in [4.69, 9.17) is 11.1 Å². The van der Waals surface area contributed by atoms with Gasteiger partial charge in [0, 0.05) is 18.7 Å². The zero-order valence-corrected chi connectivity index (χ0v) is 13.1. The Kier molecular flexibility index (Phi) is 5.07. The lowest BCUT2D eigenvalue weighted by atomic mass is 10.2. The number of rotatable bonds is 6. The van der Waals surface area contributed by atoms with Crippen LogP contribution in [0.4, 0.5) is 4.39 Å². The molecule has 0 aliphatic rings. The number of hydrogen-bond acceptors (Lipinski definition) is 5. The molecule has 0 aliphatic carbocycles. The van der Waals surface area contributed by atoms with Gasteiger partial charge in [0.05, 0.1) is 10.7 Å². The van der Waals surface area contributed by atoms with E-state index in [2.05, 4.69) is 4.72 Å². The van der Waals surface area contributed by atoms with Crippen molar-refractivity contribution in [3.8, 4) is 0 Å². The number of nitrogens with two attached hydrogens (primary N) is 1. The van der Waals surface area contributed by atoms with Gasteiger partial charge in [-0.1, -0.05) is 0 Å². The molecule has 0 heterocycles. The maximum atomic E-state index is 13.7. The monoisotopic (exact) mass is 337 g/mol. The highest BCUT2D eigenvalue weighted by molar-refractivity contribution is 7.91. The van der Waals surface area contributed by atoms with Gasteiger partial charge in [0.1, 0.15) is 10.7 Å². The molecule has 21 heavy (non-hydrogen) atoms. The van der Waals surface area contributed by atoms with Gasteiger partial charge in [-0.2, -0.15) is 0 Å². The van der Waals surface area contributed by atoms with Crippen molar-refractivity contribution in [2.75, 3.05) is 6.26 Å². The van der Waals surface area contributed by atoms with Crippen molar-refractivity contribution >= 4 is 25.7 Å². The molecular formula is C11H16FN3O4S2. The highest BCUT2D eigenvalue weighted by Crippen LogP contribution is 2.20. The Labute approximate surface area is 122 Å². The quantitative estimate of drug-likeness (QED) is 0.388. The van der Waals surface area contributed by atoms with E-state index >= 15 is 0 Å². The topological polar surface area (TPSA) is 130 Å². The Bertz CT molecular complexity index is 760. The molecule has 0 aliphatic heterocycles. The van der Waals surface area contributed by atoms with Gasteiger partial charge in [-0.25, -0.2) is 25.9 Å². The third kappa shape index (κ3) is 4.76. The lowest BCUT2D eigenvalue weighted by Gasteiger charge is -2.14. The van der Waals surface area contributed by atoms with Gasteiger partial charge in [-0.3, -0.25) is 5.41 Å². The summed E-state index contributed by atoms with van der Waals surface area (Å²) in [6.45, 7) is 1.46. The molecule has 0 fully saturated rings. The largest absolute Gasteiger partial charge is 0.388 e. The van der Waals surface area contributed by atoms with E-state index in [1.54, 1.807) is 0 Å². The Morgan fingerprint density at radius 2 is 1.95 bits per heavy atom. The first-order valence-corrected chi connectivity index (χ1v) is 9.16. The Morgan fingerprint density at radius 1 is 1.38 bits per heavy atom. The highest BCUT2D eigenvalue weighted by Gasteiger charge is 2.23. The van der Waals surface area contributed by atoms with Crippen LogP contribution in [0.3, 0.4) is 0 Å². The van der Waals surface area contributed by atoms with Crippen LogP contribution >= 0.6 is 0 Å². The summed E-state index contributed by atoms with van der Waals surface area (Å²) < 4.78 is 62.8. The number of sulfone groups is 1. The van der Waals surface area contributed by atoms with Gasteiger partial charge >= 0.3 is 0 Å². The number of halogens is 1. The summed E-state index contributed by atoms with van der Waals surface area (Å²) in [5.41, 5.74) is 5.16. The van der Waals surface area contributed by atoms with Crippen molar-refractivity contribution in [2.45, 2.75) is 29.2 Å². The molecule has 0 saturated carbocycles. The second-order valence-corrected chi connectivity index (χ2v) is 8.31. The zero-order chi connectivity index (χ0) is 16.4. The van der Waals surface area contributed by atoms with Crippen LogP contribution in [0.15, 0.2) is 28.0 Å². The van der Waals surface area contributed by atoms with Crippen LogP contribution in [-0.4, -0.2) is 35.0 Å². The van der Waals surface area contributed by atoms with Crippen molar-refractivity contribution in [1.29, 1.82) is 5.41 Å². The van der Waals surface area contributed by atoms with Crippen LogP contribution in [0.5, 0.6) is 0 Å². The fourth-order valence-electron chi connectivity index (χ4n) is 1.62. The molecule has 0 radical (unpaired) electrons. The van der Waals surface area contributed by atoms with Gasteiger partial charge in [-0.05, 0) is 25.1 Å². The van der Waals surface area contributed by atoms with Crippen molar-refractivity contribution < 1.29 is 21.2 Å². The van der Waals surface area contributed by atoms with E-state index in [0.717, 1.165) is 24.5 Å². The Balaban J connectivity index is 3.22. The summed E-state index contributed by atoms with van der Waals surface area (Å²) in [5, 5.41) is 7.08. The van der Waals surface area contributed by atoms with Crippen molar-refractivity contribution in [3.05, 3.63) is 24.0 Å². The lowest BCUT2D eigenvalue weighted by molar-refractivity contribution is 0.544. The molecule has 0 amide bonds. The van der Waals surface area contributed by atoms with E-state index < -0.39 is 36.6 Å². The first kappa shape index (κ1) is 17.5. The smallest absolute Gasteiger partial charge is 0.243 e. The average Bonchev–Trinajstić information content (AvgIpc) is 2.25. The first-order valence-electron chi connectivity index (χ1n) is 5.78. The average molecular weight is 337 g/mol. The van der Waals surface area contributed by atoms with Crippen LogP contribution < -0.4 is 10.5 Å².